The minimum atomic E-state index is 0.794. The summed E-state index contributed by atoms with van der Waals surface area (Å²) in [5, 5.41) is 0. The van der Waals surface area contributed by atoms with Gasteiger partial charge >= 0.3 is 0 Å². The van der Waals surface area contributed by atoms with Crippen LogP contribution in [-0.4, -0.2) is 36.3 Å². The monoisotopic (exact) mass is 193 g/mol. The van der Waals surface area contributed by atoms with E-state index in [1.54, 1.807) is 6.33 Å². The van der Waals surface area contributed by atoms with Gasteiger partial charge in [-0.15, -0.1) is 0 Å². The third-order valence-electron chi connectivity index (χ3n) is 2.62. The molecule has 1 aliphatic rings. The first-order chi connectivity index (χ1) is 6.79. The third kappa shape index (κ3) is 1.70. The van der Waals surface area contributed by atoms with Crippen LogP contribution < -0.4 is 4.90 Å². The highest BCUT2D eigenvalue weighted by molar-refractivity contribution is 5.47. The van der Waals surface area contributed by atoms with Gasteiger partial charge in [-0.05, 0) is 13.8 Å². The number of anilines is 1. The van der Waals surface area contributed by atoms with Crippen molar-refractivity contribution in [3.8, 4) is 0 Å². The van der Waals surface area contributed by atoms with Crippen LogP contribution in [0.15, 0.2) is 6.33 Å². The van der Waals surface area contributed by atoms with Crippen LogP contribution in [0.3, 0.4) is 0 Å². The van der Waals surface area contributed by atoms with Gasteiger partial charge in [0.05, 0.1) is 13.2 Å². The zero-order chi connectivity index (χ0) is 9.97. The lowest BCUT2D eigenvalue weighted by Gasteiger charge is -2.29. The van der Waals surface area contributed by atoms with Crippen molar-refractivity contribution in [1.82, 2.24) is 9.97 Å². The summed E-state index contributed by atoms with van der Waals surface area (Å²) < 4.78 is 5.31. The molecule has 1 aliphatic heterocycles. The first-order valence-electron chi connectivity index (χ1n) is 4.90. The standard InChI is InChI=1S/C10H15N3O/c1-8-9(2)11-7-12-10(8)13-3-5-14-6-4-13/h7H,3-6H2,1-2H3. The molecular formula is C10H15N3O. The SMILES string of the molecule is Cc1ncnc(N2CCOCC2)c1C. The Morgan fingerprint density at radius 1 is 1.21 bits per heavy atom. The van der Waals surface area contributed by atoms with Crippen molar-refractivity contribution >= 4 is 5.82 Å². The maximum absolute atomic E-state index is 5.31. The van der Waals surface area contributed by atoms with E-state index in [9.17, 15) is 0 Å². The third-order valence-corrected chi connectivity index (χ3v) is 2.62. The van der Waals surface area contributed by atoms with Crippen molar-refractivity contribution in [3.63, 3.8) is 0 Å². The number of morpholine rings is 1. The second kappa shape index (κ2) is 3.92. The smallest absolute Gasteiger partial charge is 0.135 e. The lowest BCUT2D eigenvalue weighted by atomic mass is 10.2. The summed E-state index contributed by atoms with van der Waals surface area (Å²) in [6, 6.07) is 0. The molecule has 1 aromatic rings. The Morgan fingerprint density at radius 3 is 2.64 bits per heavy atom. The van der Waals surface area contributed by atoms with Crippen molar-refractivity contribution < 1.29 is 4.74 Å². The molecule has 0 N–H and O–H groups in total. The van der Waals surface area contributed by atoms with Crippen molar-refractivity contribution in [2.24, 2.45) is 0 Å². The Balaban J connectivity index is 2.26. The number of hydrogen-bond acceptors (Lipinski definition) is 4. The molecule has 1 saturated heterocycles. The maximum atomic E-state index is 5.31. The van der Waals surface area contributed by atoms with Crippen LogP contribution in [0.1, 0.15) is 11.3 Å². The highest BCUT2D eigenvalue weighted by Crippen LogP contribution is 2.18. The van der Waals surface area contributed by atoms with E-state index < -0.39 is 0 Å². The maximum Gasteiger partial charge on any atom is 0.135 e. The first kappa shape index (κ1) is 9.40. The van der Waals surface area contributed by atoms with Gasteiger partial charge in [0.2, 0.25) is 0 Å². The van der Waals surface area contributed by atoms with Gasteiger partial charge in [-0.25, -0.2) is 9.97 Å². The predicted molar refractivity (Wildman–Crippen MR) is 54.5 cm³/mol. The minimum absolute atomic E-state index is 0.794. The molecule has 1 aromatic heterocycles. The summed E-state index contributed by atoms with van der Waals surface area (Å²) in [4.78, 5) is 10.7. The first-order valence-corrected chi connectivity index (χ1v) is 4.90. The van der Waals surface area contributed by atoms with Crippen LogP contribution in [0.4, 0.5) is 5.82 Å². The summed E-state index contributed by atoms with van der Waals surface area (Å²) >= 11 is 0. The Morgan fingerprint density at radius 2 is 1.93 bits per heavy atom. The van der Waals surface area contributed by atoms with Gasteiger partial charge in [-0.3, -0.25) is 0 Å². The summed E-state index contributed by atoms with van der Waals surface area (Å²) in [6.45, 7) is 7.53. The van der Waals surface area contributed by atoms with E-state index in [2.05, 4.69) is 21.8 Å². The molecule has 0 aromatic carbocycles. The molecule has 0 amide bonds. The van der Waals surface area contributed by atoms with E-state index in [1.165, 1.54) is 5.56 Å². The Bertz CT molecular complexity index is 321. The van der Waals surface area contributed by atoms with Gasteiger partial charge in [-0.2, -0.15) is 0 Å². The molecule has 0 spiro atoms. The van der Waals surface area contributed by atoms with E-state index in [4.69, 9.17) is 4.74 Å². The number of nitrogens with zero attached hydrogens (tertiary/aromatic N) is 3. The molecule has 76 valence electrons. The minimum Gasteiger partial charge on any atom is -0.378 e. The average molecular weight is 193 g/mol. The summed E-state index contributed by atoms with van der Waals surface area (Å²) in [6.07, 6.45) is 1.63. The predicted octanol–water partition coefficient (Wildman–Crippen LogP) is 0.930. The van der Waals surface area contributed by atoms with Crippen LogP contribution >= 0.6 is 0 Å². The number of ether oxygens (including phenoxy) is 1. The van der Waals surface area contributed by atoms with Crippen LogP contribution in [0.5, 0.6) is 0 Å². The normalized spacial score (nSPS) is 17.1. The van der Waals surface area contributed by atoms with E-state index in [0.29, 0.717) is 0 Å². The lowest BCUT2D eigenvalue weighted by molar-refractivity contribution is 0.122. The largest absolute Gasteiger partial charge is 0.378 e. The summed E-state index contributed by atoms with van der Waals surface area (Å²) in [5.41, 5.74) is 2.23. The van der Waals surface area contributed by atoms with Crippen LogP contribution in [0.25, 0.3) is 0 Å². The van der Waals surface area contributed by atoms with Gasteiger partial charge in [0.1, 0.15) is 12.1 Å². The van der Waals surface area contributed by atoms with Crippen molar-refractivity contribution in [2.75, 3.05) is 31.2 Å². The fourth-order valence-electron chi connectivity index (χ4n) is 1.62. The molecule has 0 saturated carbocycles. The molecule has 1 fully saturated rings. The number of hydrogen-bond donors (Lipinski definition) is 0. The van der Waals surface area contributed by atoms with Crippen molar-refractivity contribution in [3.05, 3.63) is 17.6 Å². The van der Waals surface area contributed by atoms with Gasteiger partial charge in [0.25, 0.3) is 0 Å². The molecule has 0 unspecified atom stereocenters. The quantitative estimate of drug-likeness (QED) is 0.665. The van der Waals surface area contributed by atoms with Gasteiger partial charge in [0, 0.05) is 24.3 Å². The van der Waals surface area contributed by atoms with Crippen molar-refractivity contribution in [2.45, 2.75) is 13.8 Å². The average Bonchev–Trinajstić information content (AvgIpc) is 2.23. The van der Waals surface area contributed by atoms with Gasteiger partial charge < -0.3 is 9.64 Å². The molecule has 4 nitrogen and oxygen atoms in total. The van der Waals surface area contributed by atoms with Crippen LogP contribution in [-0.2, 0) is 4.74 Å². The van der Waals surface area contributed by atoms with E-state index in [0.717, 1.165) is 37.8 Å². The molecule has 0 atom stereocenters. The Kier molecular flexibility index (Phi) is 2.63. The topological polar surface area (TPSA) is 38.2 Å². The number of rotatable bonds is 1. The van der Waals surface area contributed by atoms with E-state index in [-0.39, 0.29) is 0 Å². The molecule has 0 bridgehead atoms. The number of aromatic nitrogens is 2. The van der Waals surface area contributed by atoms with Gasteiger partial charge in [0.15, 0.2) is 0 Å². The zero-order valence-corrected chi connectivity index (χ0v) is 8.66. The fourth-order valence-corrected chi connectivity index (χ4v) is 1.62. The highest BCUT2D eigenvalue weighted by Gasteiger charge is 2.15. The summed E-state index contributed by atoms with van der Waals surface area (Å²) in [5.74, 6) is 1.06. The summed E-state index contributed by atoms with van der Waals surface area (Å²) in [7, 11) is 0. The Hall–Kier alpha value is -1.16. The lowest BCUT2D eigenvalue weighted by Crippen LogP contribution is -2.37. The second-order valence-corrected chi connectivity index (χ2v) is 3.51. The Labute approximate surface area is 83.9 Å². The van der Waals surface area contributed by atoms with Crippen molar-refractivity contribution in [1.29, 1.82) is 0 Å². The molecule has 14 heavy (non-hydrogen) atoms. The molecule has 0 radical (unpaired) electrons. The molecular weight excluding hydrogens is 178 g/mol. The molecule has 2 rings (SSSR count). The highest BCUT2D eigenvalue weighted by atomic mass is 16.5. The number of aryl methyl sites for hydroxylation is 1. The van der Waals surface area contributed by atoms with E-state index >= 15 is 0 Å². The zero-order valence-electron chi connectivity index (χ0n) is 8.66. The van der Waals surface area contributed by atoms with Crippen LogP contribution in [0, 0.1) is 13.8 Å². The van der Waals surface area contributed by atoms with Crippen LogP contribution in [0.2, 0.25) is 0 Å². The fraction of sp³-hybridized carbons (Fsp3) is 0.600. The van der Waals surface area contributed by atoms with E-state index in [1.807, 2.05) is 6.92 Å². The molecule has 0 aliphatic carbocycles. The molecule has 2 heterocycles. The molecule has 4 heteroatoms. The second-order valence-electron chi connectivity index (χ2n) is 3.51. The van der Waals surface area contributed by atoms with Gasteiger partial charge in [-0.1, -0.05) is 0 Å².